The Hall–Kier alpha value is -0.530. The van der Waals surface area contributed by atoms with Crippen LogP contribution in [0, 0.1) is 0 Å². The van der Waals surface area contributed by atoms with Crippen LogP contribution in [0.3, 0.4) is 0 Å². The lowest BCUT2D eigenvalue weighted by molar-refractivity contribution is -0.137. The van der Waals surface area contributed by atoms with Crippen molar-refractivity contribution in [3.05, 3.63) is 49.0 Å². The van der Waals surface area contributed by atoms with Crippen LogP contribution < -0.4 is 5.32 Å². The number of benzene rings is 1. The van der Waals surface area contributed by atoms with Crippen molar-refractivity contribution in [1.29, 1.82) is 0 Å². The van der Waals surface area contributed by atoms with Crippen molar-refractivity contribution in [2.24, 2.45) is 0 Å². The first-order chi connectivity index (χ1) is 8.86. The number of thiophene rings is 1. The van der Waals surface area contributed by atoms with Gasteiger partial charge in [0, 0.05) is 16.7 Å². The molecule has 1 N–H and O–H groups in total. The Labute approximate surface area is 129 Å². The van der Waals surface area contributed by atoms with Crippen LogP contribution in [0.4, 0.5) is 18.9 Å². The third-order valence-electron chi connectivity index (χ3n) is 2.40. The molecule has 0 fully saturated rings. The molecule has 1 heterocycles. The minimum Gasteiger partial charge on any atom is -0.380 e. The molecule has 0 aliphatic carbocycles. The van der Waals surface area contributed by atoms with Gasteiger partial charge in [-0.05, 0) is 67.1 Å². The molecular weight excluding hydrogens is 407 g/mol. The summed E-state index contributed by atoms with van der Waals surface area (Å²) in [4.78, 5) is 0. The SMILES string of the molecule is FC(F)(F)c1ccc(Br)c(NCc2csc(Br)c2)c1. The van der Waals surface area contributed by atoms with E-state index in [1.165, 1.54) is 17.4 Å². The van der Waals surface area contributed by atoms with Crippen LogP contribution in [0.25, 0.3) is 0 Å². The van der Waals surface area contributed by atoms with Crippen molar-refractivity contribution in [2.75, 3.05) is 5.32 Å². The molecule has 0 amide bonds. The molecule has 7 heteroatoms. The summed E-state index contributed by atoms with van der Waals surface area (Å²) in [5.41, 5.74) is 0.781. The average Bonchev–Trinajstić information content (AvgIpc) is 2.72. The van der Waals surface area contributed by atoms with Crippen LogP contribution in [0.2, 0.25) is 0 Å². The molecule has 0 aliphatic heterocycles. The van der Waals surface area contributed by atoms with Gasteiger partial charge in [0.1, 0.15) is 0 Å². The van der Waals surface area contributed by atoms with Crippen molar-refractivity contribution >= 4 is 48.9 Å². The first-order valence-corrected chi connectivity index (χ1v) is 7.66. The Balaban J connectivity index is 2.15. The zero-order valence-electron chi connectivity index (χ0n) is 9.39. The summed E-state index contributed by atoms with van der Waals surface area (Å²) in [6.07, 6.45) is -4.33. The molecule has 19 heavy (non-hydrogen) atoms. The molecule has 0 spiro atoms. The predicted octanol–water partition coefficient (Wildman–Crippen LogP) is 5.90. The fourth-order valence-corrected chi connectivity index (χ4v) is 3.07. The van der Waals surface area contributed by atoms with Crippen molar-refractivity contribution in [2.45, 2.75) is 12.7 Å². The minimum absolute atomic E-state index is 0.428. The van der Waals surface area contributed by atoms with Gasteiger partial charge in [0.05, 0.1) is 9.35 Å². The maximum Gasteiger partial charge on any atom is 0.416 e. The van der Waals surface area contributed by atoms with Crippen LogP contribution in [-0.2, 0) is 12.7 Å². The number of anilines is 1. The molecule has 0 saturated carbocycles. The van der Waals surface area contributed by atoms with E-state index in [9.17, 15) is 13.2 Å². The molecule has 2 aromatic rings. The molecule has 1 aromatic carbocycles. The second-order valence-electron chi connectivity index (χ2n) is 3.81. The van der Waals surface area contributed by atoms with Crippen LogP contribution in [-0.4, -0.2) is 0 Å². The first kappa shape index (κ1) is 14.9. The molecule has 0 atom stereocenters. The Morgan fingerprint density at radius 1 is 1.16 bits per heavy atom. The van der Waals surface area contributed by atoms with E-state index in [4.69, 9.17) is 0 Å². The zero-order chi connectivity index (χ0) is 14.0. The molecule has 0 saturated heterocycles. The quantitative estimate of drug-likeness (QED) is 0.658. The number of alkyl halides is 3. The summed E-state index contributed by atoms with van der Waals surface area (Å²) in [6.45, 7) is 0.474. The number of nitrogens with one attached hydrogen (secondary N) is 1. The van der Waals surface area contributed by atoms with Crippen molar-refractivity contribution in [3.63, 3.8) is 0 Å². The van der Waals surface area contributed by atoms with Crippen molar-refractivity contribution in [1.82, 2.24) is 0 Å². The van der Waals surface area contributed by atoms with Crippen LogP contribution in [0.5, 0.6) is 0 Å². The van der Waals surface area contributed by atoms with Gasteiger partial charge in [0.25, 0.3) is 0 Å². The molecule has 102 valence electrons. The summed E-state index contributed by atoms with van der Waals surface area (Å²) in [5, 5.41) is 4.94. The van der Waals surface area contributed by atoms with Gasteiger partial charge in [0.15, 0.2) is 0 Å². The van der Waals surface area contributed by atoms with E-state index in [-0.39, 0.29) is 0 Å². The molecule has 1 aromatic heterocycles. The average molecular weight is 415 g/mol. The monoisotopic (exact) mass is 413 g/mol. The van der Waals surface area contributed by atoms with Crippen LogP contribution in [0.15, 0.2) is 37.9 Å². The van der Waals surface area contributed by atoms with Gasteiger partial charge in [0.2, 0.25) is 0 Å². The highest BCUT2D eigenvalue weighted by atomic mass is 79.9. The molecule has 0 unspecified atom stereocenters. The summed E-state index contributed by atoms with van der Waals surface area (Å²) >= 11 is 8.12. The normalized spacial score (nSPS) is 11.6. The van der Waals surface area contributed by atoms with Gasteiger partial charge in [-0.1, -0.05) is 0 Å². The predicted molar refractivity (Wildman–Crippen MR) is 78.5 cm³/mol. The second kappa shape index (κ2) is 5.85. The Morgan fingerprint density at radius 3 is 2.47 bits per heavy atom. The van der Waals surface area contributed by atoms with Crippen molar-refractivity contribution in [3.8, 4) is 0 Å². The van der Waals surface area contributed by atoms with Crippen molar-refractivity contribution < 1.29 is 13.2 Å². The highest BCUT2D eigenvalue weighted by molar-refractivity contribution is 9.11. The number of hydrogen-bond donors (Lipinski definition) is 1. The summed E-state index contributed by atoms with van der Waals surface area (Å²) in [7, 11) is 0. The standard InChI is InChI=1S/C12H8Br2F3NS/c13-9-2-1-8(12(15,16)17)4-10(9)18-5-7-3-11(14)19-6-7/h1-4,6,18H,5H2. The Morgan fingerprint density at radius 2 is 1.89 bits per heavy atom. The topological polar surface area (TPSA) is 12.0 Å². The smallest absolute Gasteiger partial charge is 0.380 e. The van der Waals surface area contributed by atoms with Gasteiger partial charge in [-0.25, -0.2) is 0 Å². The van der Waals surface area contributed by atoms with E-state index in [1.54, 1.807) is 0 Å². The lowest BCUT2D eigenvalue weighted by Gasteiger charge is -2.12. The highest BCUT2D eigenvalue weighted by Gasteiger charge is 2.30. The molecule has 0 radical (unpaired) electrons. The van der Waals surface area contributed by atoms with E-state index in [1.807, 2.05) is 11.4 Å². The maximum atomic E-state index is 12.6. The molecular formula is C12H8Br2F3NS. The van der Waals surface area contributed by atoms with Gasteiger partial charge in [-0.15, -0.1) is 11.3 Å². The van der Waals surface area contributed by atoms with Crippen LogP contribution in [0.1, 0.15) is 11.1 Å². The second-order valence-corrected chi connectivity index (χ2v) is 6.95. The fourth-order valence-electron chi connectivity index (χ4n) is 1.47. The lowest BCUT2D eigenvalue weighted by Crippen LogP contribution is -2.06. The number of hydrogen-bond acceptors (Lipinski definition) is 2. The largest absolute Gasteiger partial charge is 0.416 e. The molecule has 0 bridgehead atoms. The summed E-state index contributed by atoms with van der Waals surface area (Å²) in [6, 6.07) is 5.48. The summed E-state index contributed by atoms with van der Waals surface area (Å²) in [5.74, 6) is 0. The van der Waals surface area contributed by atoms with E-state index < -0.39 is 11.7 Å². The summed E-state index contributed by atoms with van der Waals surface area (Å²) < 4.78 is 39.5. The van der Waals surface area contributed by atoms with E-state index >= 15 is 0 Å². The minimum atomic E-state index is -4.33. The van der Waals surface area contributed by atoms with Gasteiger partial charge in [-0.3, -0.25) is 0 Å². The van der Waals surface area contributed by atoms with E-state index in [0.29, 0.717) is 16.7 Å². The fraction of sp³-hybridized carbons (Fsp3) is 0.167. The molecule has 1 nitrogen and oxygen atoms in total. The van der Waals surface area contributed by atoms with Crippen LogP contribution >= 0.6 is 43.2 Å². The maximum absolute atomic E-state index is 12.6. The number of halogens is 5. The Bertz CT molecular complexity index is 581. The molecule has 2 rings (SSSR count). The van der Waals surface area contributed by atoms with E-state index in [0.717, 1.165) is 21.5 Å². The van der Waals surface area contributed by atoms with E-state index in [2.05, 4.69) is 37.2 Å². The third-order valence-corrected chi connectivity index (χ3v) is 4.64. The zero-order valence-corrected chi connectivity index (χ0v) is 13.4. The third kappa shape index (κ3) is 3.97. The molecule has 0 aliphatic rings. The first-order valence-electron chi connectivity index (χ1n) is 5.20. The van der Waals surface area contributed by atoms with Gasteiger partial charge >= 0.3 is 6.18 Å². The highest BCUT2D eigenvalue weighted by Crippen LogP contribution is 2.34. The lowest BCUT2D eigenvalue weighted by atomic mass is 10.2. The Kier molecular flexibility index (Phi) is 4.58. The number of rotatable bonds is 3. The van der Waals surface area contributed by atoms with Gasteiger partial charge < -0.3 is 5.32 Å². The van der Waals surface area contributed by atoms with Gasteiger partial charge in [-0.2, -0.15) is 13.2 Å².